The number of halogens is 2. The highest BCUT2D eigenvalue weighted by atomic mass is 35.5. The number of nitrogens with zero attached hydrogens (tertiary/aromatic N) is 4. The normalized spacial score (nSPS) is 12.1. The average molecular weight is 410 g/mol. The number of fused-ring (bicyclic) bond motifs is 1. The topological polar surface area (TPSA) is 72.7 Å². The van der Waals surface area contributed by atoms with Gasteiger partial charge in [-0.05, 0) is 48.4 Å². The van der Waals surface area contributed by atoms with Crippen molar-refractivity contribution in [3.63, 3.8) is 0 Å². The van der Waals surface area contributed by atoms with E-state index < -0.39 is 0 Å². The van der Waals surface area contributed by atoms with Crippen LogP contribution in [0.1, 0.15) is 35.3 Å². The van der Waals surface area contributed by atoms with Gasteiger partial charge in [0.15, 0.2) is 0 Å². The van der Waals surface area contributed by atoms with Crippen molar-refractivity contribution >= 4 is 28.4 Å². The molecule has 8 heteroatoms. The molecule has 0 radical (unpaired) electrons. The minimum absolute atomic E-state index is 0.217. The monoisotopic (exact) mass is 409 g/mol. The third kappa shape index (κ3) is 3.82. The Balaban J connectivity index is 1.67. The molecule has 1 amide bonds. The van der Waals surface area contributed by atoms with E-state index in [2.05, 4.69) is 20.4 Å². The molecule has 4 rings (SSSR count). The maximum atomic E-state index is 13.2. The lowest BCUT2D eigenvalue weighted by Gasteiger charge is -2.17. The van der Waals surface area contributed by atoms with Crippen LogP contribution in [0.3, 0.4) is 0 Å². The summed E-state index contributed by atoms with van der Waals surface area (Å²) in [7, 11) is 0. The summed E-state index contributed by atoms with van der Waals surface area (Å²) in [5, 5.41) is 8.41. The van der Waals surface area contributed by atoms with Crippen molar-refractivity contribution < 1.29 is 9.18 Å². The molecular formula is C21H17ClFN5O. The van der Waals surface area contributed by atoms with Gasteiger partial charge in [-0.3, -0.25) is 9.78 Å². The van der Waals surface area contributed by atoms with Gasteiger partial charge in [0.2, 0.25) is 0 Å². The third-order valence-corrected chi connectivity index (χ3v) is 4.89. The Hall–Kier alpha value is -3.32. The summed E-state index contributed by atoms with van der Waals surface area (Å²) in [6, 6.07) is 9.30. The van der Waals surface area contributed by atoms with Crippen molar-refractivity contribution in [2.24, 2.45) is 0 Å². The molecular weight excluding hydrogens is 393 g/mol. The van der Waals surface area contributed by atoms with Crippen molar-refractivity contribution in [1.82, 2.24) is 25.1 Å². The van der Waals surface area contributed by atoms with Crippen LogP contribution in [0.5, 0.6) is 0 Å². The number of hydrogen-bond acceptors (Lipinski definition) is 4. The molecule has 0 saturated heterocycles. The van der Waals surface area contributed by atoms with Crippen LogP contribution >= 0.6 is 11.6 Å². The Morgan fingerprint density at radius 2 is 2.00 bits per heavy atom. The van der Waals surface area contributed by atoms with Crippen LogP contribution in [0.15, 0.2) is 61.2 Å². The Morgan fingerprint density at radius 1 is 1.21 bits per heavy atom. The van der Waals surface area contributed by atoms with Gasteiger partial charge >= 0.3 is 0 Å². The zero-order valence-corrected chi connectivity index (χ0v) is 16.3. The number of hydrogen-bond donors (Lipinski definition) is 1. The highest BCUT2D eigenvalue weighted by molar-refractivity contribution is 6.29. The van der Waals surface area contributed by atoms with E-state index in [0.29, 0.717) is 33.7 Å². The Morgan fingerprint density at radius 3 is 2.72 bits per heavy atom. The van der Waals surface area contributed by atoms with Crippen LogP contribution in [0.25, 0.3) is 16.6 Å². The minimum Gasteiger partial charge on any atom is -0.345 e. The summed E-state index contributed by atoms with van der Waals surface area (Å²) in [6.07, 6.45) is 7.05. The number of aromatic nitrogens is 4. The SMILES string of the molecule is CC[C@H](NC(=O)c1cncc2c1cnn2-c1ccc(F)cc1)c1ccnc(Cl)c1. The largest absolute Gasteiger partial charge is 0.345 e. The van der Waals surface area contributed by atoms with Crippen molar-refractivity contribution in [1.29, 1.82) is 0 Å². The predicted molar refractivity (Wildman–Crippen MR) is 109 cm³/mol. The van der Waals surface area contributed by atoms with Crippen LogP contribution in [0.2, 0.25) is 5.15 Å². The predicted octanol–water partition coefficient (Wildman–Crippen LogP) is 4.49. The molecule has 0 bridgehead atoms. The van der Waals surface area contributed by atoms with Crippen LogP contribution in [0, 0.1) is 5.82 Å². The lowest BCUT2D eigenvalue weighted by molar-refractivity contribution is 0.0937. The summed E-state index contributed by atoms with van der Waals surface area (Å²) < 4.78 is 14.8. The fourth-order valence-electron chi connectivity index (χ4n) is 3.20. The van der Waals surface area contributed by atoms with Gasteiger partial charge in [0.1, 0.15) is 11.0 Å². The second-order valence-corrected chi connectivity index (χ2v) is 6.89. The van der Waals surface area contributed by atoms with Crippen LogP contribution in [-0.2, 0) is 0 Å². The number of rotatable bonds is 5. The molecule has 0 aliphatic carbocycles. The van der Waals surface area contributed by atoms with Gasteiger partial charge in [-0.25, -0.2) is 14.1 Å². The van der Waals surface area contributed by atoms with Crippen LogP contribution < -0.4 is 5.32 Å². The molecule has 1 N–H and O–H groups in total. The van der Waals surface area contributed by atoms with E-state index in [4.69, 9.17) is 11.6 Å². The van der Waals surface area contributed by atoms with E-state index >= 15 is 0 Å². The van der Waals surface area contributed by atoms with E-state index in [1.54, 1.807) is 41.5 Å². The Labute approximate surface area is 171 Å². The van der Waals surface area contributed by atoms with Gasteiger partial charge in [0, 0.05) is 17.8 Å². The molecule has 0 saturated carbocycles. The molecule has 6 nitrogen and oxygen atoms in total. The van der Waals surface area contributed by atoms with Gasteiger partial charge in [-0.2, -0.15) is 5.10 Å². The number of carbonyl (C=O) groups is 1. The molecule has 1 aromatic carbocycles. The maximum absolute atomic E-state index is 13.2. The second kappa shape index (κ2) is 7.97. The van der Waals surface area contributed by atoms with Crippen molar-refractivity contribution in [3.8, 4) is 5.69 Å². The van der Waals surface area contributed by atoms with Gasteiger partial charge in [0.25, 0.3) is 5.91 Å². The van der Waals surface area contributed by atoms with Crippen LogP contribution in [0.4, 0.5) is 4.39 Å². The Bertz CT molecular complexity index is 1180. The van der Waals surface area contributed by atoms with Gasteiger partial charge < -0.3 is 5.32 Å². The van der Waals surface area contributed by atoms with Crippen molar-refractivity contribution in [3.05, 3.63) is 83.3 Å². The van der Waals surface area contributed by atoms with Gasteiger partial charge in [0.05, 0.1) is 35.2 Å². The number of benzene rings is 1. The average Bonchev–Trinajstić information content (AvgIpc) is 3.16. The standard InChI is InChI=1S/C21H17ClFN5O/c1-2-18(13-7-8-25-20(22)9-13)27-21(29)17-10-24-12-19-16(17)11-26-28(19)15-5-3-14(23)4-6-15/h3-12,18H,2H2,1H3,(H,27,29)/t18-/m0/s1. The molecule has 0 unspecified atom stereocenters. The molecule has 0 aliphatic heterocycles. The smallest absolute Gasteiger partial charge is 0.254 e. The fourth-order valence-corrected chi connectivity index (χ4v) is 3.38. The molecule has 3 aromatic heterocycles. The number of amides is 1. The van der Waals surface area contributed by atoms with Crippen molar-refractivity contribution in [2.45, 2.75) is 19.4 Å². The van der Waals surface area contributed by atoms with E-state index in [0.717, 1.165) is 5.56 Å². The fraction of sp³-hybridized carbons (Fsp3) is 0.143. The molecule has 4 aromatic rings. The van der Waals surface area contributed by atoms with Crippen LogP contribution in [-0.4, -0.2) is 25.7 Å². The third-order valence-electron chi connectivity index (χ3n) is 4.68. The summed E-state index contributed by atoms with van der Waals surface area (Å²) in [5.74, 6) is -0.591. The number of pyridine rings is 2. The Kier molecular flexibility index (Phi) is 5.22. The van der Waals surface area contributed by atoms with Gasteiger partial charge in [-0.15, -0.1) is 0 Å². The van der Waals surface area contributed by atoms with Gasteiger partial charge in [-0.1, -0.05) is 18.5 Å². The zero-order valence-electron chi connectivity index (χ0n) is 15.5. The first-order chi connectivity index (χ1) is 14.1. The molecule has 0 aliphatic rings. The second-order valence-electron chi connectivity index (χ2n) is 6.50. The lowest BCUT2D eigenvalue weighted by Crippen LogP contribution is -2.28. The van der Waals surface area contributed by atoms with E-state index in [9.17, 15) is 9.18 Å². The number of carbonyl (C=O) groups excluding carboxylic acids is 1. The molecule has 0 fully saturated rings. The van der Waals surface area contributed by atoms with E-state index in [1.807, 2.05) is 13.0 Å². The number of nitrogens with one attached hydrogen (secondary N) is 1. The summed E-state index contributed by atoms with van der Waals surface area (Å²) in [5.41, 5.74) is 2.63. The first-order valence-electron chi connectivity index (χ1n) is 9.07. The van der Waals surface area contributed by atoms with Crippen molar-refractivity contribution in [2.75, 3.05) is 0 Å². The minimum atomic E-state index is -0.328. The highest BCUT2D eigenvalue weighted by Gasteiger charge is 2.19. The molecule has 0 spiro atoms. The highest BCUT2D eigenvalue weighted by Crippen LogP contribution is 2.23. The maximum Gasteiger partial charge on any atom is 0.254 e. The first kappa shape index (κ1) is 19.0. The first-order valence-corrected chi connectivity index (χ1v) is 9.44. The quantitative estimate of drug-likeness (QED) is 0.493. The molecule has 1 atom stereocenters. The summed E-state index contributed by atoms with van der Waals surface area (Å²) >= 11 is 5.98. The molecule has 3 heterocycles. The zero-order chi connectivity index (χ0) is 20.4. The summed E-state index contributed by atoms with van der Waals surface area (Å²) in [4.78, 5) is 21.2. The molecule has 29 heavy (non-hydrogen) atoms. The summed E-state index contributed by atoms with van der Waals surface area (Å²) in [6.45, 7) is 1.98. The lowest BCUT2D eigenvalue weighted by atomic mass is 10.1. The van der Waals surface area contributed by atoms with E-state index in [1.165, 1.54) is 18.3 Å². The van der Waals surface area contributed by atoms with E-state index in [-0.39, 0.29) is 17.8 Å². The molecule has 146 valence electrons.